The summed E-state index contributed by atoms with van der Waals surface area (Å²) in [5.74, 6) is 0.689. The molecule has 0 aromatic carbocycles. The van der Waals surface area contributed by atoms with E-state index in [0.29, 0.717) is 5.92 Å². The second-order valence-corrected chi connectivity index (χ2v) is 5.98. The molecule has 2 nitrogen and oxygen atoms in total. The van der Waals surface area contributed by atoms with E-state index in [2.05, 4.69) is 11.0 Å². The summed E-state index contributed by atoms with van der Waals surface area (Å²) in [5, 5.41) is 0. The minimum Gasteiger partial charge on any atom is -0.330 e. The van der Waals surface area contributed by atoms with Crippen LogP contribution in [-0.4, -0.2) is 24.5 Å². The number of halogens is 2. The predicted octanol–water partition coefficient (Wildman–Crippen LogP) is 2.99. The smallest absolute Gasteiger partial charge is 0.0931 e. The molecule has 92 valence electrons. The van der Waals surface area contributed by atoms with Crippen LogP contribution < -0.4 is 5.73 Å². The lowest BCUT2D eigenvalue weighted by molar-refractivity contribution is 0.172. The fraction of sp³-hybridized carbons (Fsp3) is 0.636. The molecule has 1 aliphatic heterocycles. The van der Waals surface area contributed by atoms with Gasteiger partial charge in [0.25, 0.3) is 0 Å². The van der Waals surface area contributed by atoms with Crippen LogP contribution in [0.1, 0.15) is 17.7 Å². The average Bonchev–Trinajstić information content (AvgIpc) is 2.64. The van der Waals surface area contributed by atoms with Crippen molar-refractivity contribution in [2.45, 2.75) is 19.4 Å². The molecule has 2 heterocycles. The molecule has 1 fully saturated rings. The molecule has 1 unspecified atom stereocenters. The first-order valence-electron chi connectivity index (χ1n) is 5.44. The van der Waals surface area contributed by atoms with Gasteiger partial charge in [-0.3, -0.25) is 4.90 Å². The molecular formula is C11H18Cl2N2S. The van der Waals surface area contributed by atoms with Gasteiger partial charge in [-0.25, -0.2) is 0 Å². The number of rotatable bonds is 3. The Balaban J connectivity index is 0.00000128. The highest BCUT2D eigenvalue weighted by Crippen LogP contribution is 2.24. The molecule has 0 amide bonds. The molecule has 1 aliphatic rings. The van der Waals surface area contributed by atoms with Gasteiger partial charge in [0.1, 0.15) is 0 Å². The van der Waals surface area contributed by atoms with Crippen molar-refractivity contribution in [2.75, 3.05) is 19.6 Å². The van der Waals surface area contributed by atoms with Gasteiger partial charge in [-0.15, -0.1) is 23.7 Å². The van der Waals surface area contributed by atoms with Gasteiger partial charge in [0.2, 0.25) is 0 Å². The van der Waals surface area contributed by atoms with Gasteiger partial charge in [-0.05, 0) is 44.0 Å². The maximum atomic E-state index is 5.91. The first kappa shape index (κ1) is 14.3. The number of nitrogens with two attached hydrogens (primary N) is 1. The maximum Gasteiger partial charge on any atom is 0.0931 e. The minimum absolute atomic E-state index is 0. The fourth-order valence-electron chi connectivity index (χ4n) is 2.14. The standard InChI is InChI=1S/C11H17ClN2S.ClH/c12-11-4-3-10(15-11)8-14-5-1-2-9(6-13)7-14;/h3-4,9H,1-2,5-8,13H2;1H. The lowest BCUT2D eigenvalue weighted by Gasteiger charge is -2.31. The number of likely N-dealkylation sites (tertiary alicyclic amines) is 1. The maximum absolute atomic E-state index is 5.91. The van der Waals surface area contributed by atoms with Gasteiger partial charge < -0.3 is 5.73 Å². The van der Waals surface area contributed by atoms with Crippen LogP contribution in [0.4, 0.5) is 0 Å². The number of hydrogen-bond donors (Lipinski definition) is 1. The van der Waals surface area contributed by atoms with E-state index in [0.717, 1.165) is 24.0 Å². The van der Waals surface area contributed by atoms with Crippen molar-refractivity contribution >= 4 is 35.3 Å². The third-order valence-corrected chi connectivity index (χ3v) is 4.16. The zero-order chi connectivity index (χ0) is 10.7. The topological polar surface area (TPSA) is 29.3 Å². The number of piperidine rings is 1. The van der Waals surface area contributed by atoms with E-state index in [-0.39, 0.29) is 12.4 Å². The molecule has 0 bridgehead atoms. The Morgan fingerprint density at radius 3 is 2.94 bits per heavy atom. The monoisotopic (exact) mass is 280 g/mol. The number of thiophene rings is 1. The Hall–Kier alpha value is 0.200. The summed E-state index contributed by atoms with van der Waals surface area (Å²) in [6, 6.07) is 4.10. The molecule has 1 aromatic rings. The van der Waals surface area contributed by atoms with Gasteiger partial charge in [0, 0.05) is 18.0 Å². The van der Waals surface area contributed by atoms with Gasteiger partial charge in [0.05, 0.1) is 4.34 Å². The summed E-state index contributed by atoms with van der Waals surface area (Å²) >= 11 is 7.60. The van der Waals surface area contributed by atoms with E-state index in [1.54, 1.807) is 11.3 Å². The third kappa shape index (κ3) is 3.90. The van der Waals surface area contributed by atoms with E-state index < -0.39 is 0 Å². The molecule has 5 heteroatoms. The highest BCUT2D eigenvalue weighted by molar-refractivity contribution is 7.16. The van der Waals surface area contributed by atoms with Crippen LogP contribution in [0.15, 0.2) is 12.1 Å². The van der Waals surface area contributed by atoms with Crippen LogP contribution in [-0.2, 0) is 6.54 Å². The summed E-state index contributed by atoms with van der Waals surface area (Å²) in [5.41, 5.74) is 5.72. The first-order chi connectivity index (χ1) is 7.28. The quantitative estimate of drug-likeness (QED) is 0.923. The van der Waals surface area contributed by atoms with Crippen LogP contribution >= 0.6 is 35.3 Å². The lowest BCUT2D eigenvalue weighted by Crippen LogP contribution is -2.37. The summed E-state index contributed by atoms with van der Waals surface area (Å²) < 4.78 is 0.886. The SMILES string of the molecule is Cl.NCC1CCCN(Cc2ccc(Cl)s2)C1. The van der Waals surface area contributed by atoms with Crippen molar-refractivity contribution in [3.05, 3.63) is 21.3 Å². The largest absolute Gasteiger partial charge is 0.330 e. The Morgan fingerprint density at radius 2 is 2.31 bits per heavy atom. The normalized spacial score (nSPS) is 21.8. The third-order valence-electron chi connectivity index (χ3n) is 2.94. The van der Waals surface area contributed by atoms with Crippen molar-refractivity contribution in [1.29, 1.82) is 0 Å². The van der Waals surface area contributed by atoms with Crippen LogP contribution in [0.2, 0.25) is 4.34 Å². The molecule has 0 saturated carbocycles. The summed E-state index contributed by atoms with van der Waals surface area (Å²) in [6.45, 7) is 4.20. The molecule has 0 radical (unpaired) electrons. The van der Waals surface area contributed by atoms with Gasteiger partial charge in [-0.2, -0.15) is 0 Å². The molecule has 2 N–H and O–H groups in total. The van der Waals surface area contributed by atoms with Crippen molar-refractivity contribution in [1.82, 2.24) is 4.90 Å². The molecule has 0 aliphatic carbocycles. The Kier molecular flexibility index (Phi) is 6.08. The zero-order valence-corrected chi connectivity index (χ0v) is 11.6. The van der Waals surface area contributed by atoms with Crippen LogP contribution in [0.25, 0.3) is 0 Å². The Morgan fingerprint density at radius 1 is 1.50 bits per heavy atom. The molecule has 1 atom stereocenters. The highest BCUT2D eigenvalue weighted by Gasteiger charge is 2.18. The van der Waals surface area contributed by atoms with Gasteiger partial charge in [0.15, 0.2) is 0 Å². The number of hydrogen-bond acceptors (Lipinski definition) is 3. The van der Waals surface area contributed by atoms with Crippen molar-refractivity contribution < 1.29 is 0 Å². The molecule has 16 heavy (non-hydrogen) atoms. The minimum atomic E-state index is 0. The van der Waals surface area contributed by atoms with Gasteiger partial charge in [-0.1, -0.05) is 11.6 Å². The summed E-state index contributed by atoms with van der Waals surface area (Å²) in [4.78, 5) is 3.85. The van der Waals surface area contributed by atoms with Crippen LogP contribution in [0.5, 0.6) is 0 Å². The highest BCUT2D eigenvalue weighted by atomic mass is 35.5. The van der Waals surface area contributed by atoms with Crippen LogP contribution in [0.3, 0.4) is 0 Å². The fourth-order valence-corrected chi connectivity index (χ4v) is 3.27. The predicted molar refractivity (Wildman–Crippen MR) is 73.6 cm³/mol. The molecular weight excluding hydrogens is 263 g/mol. The van der Waals surface area contributed by atoms with E-state index in [1.807, 2.05) is 6.07 Å². The van der Waals surface area contributed by atoms with Crippen molar-refractivity contribution in [3.63, 3.8) is 0 Å². The summed E-state index contributed by atoms with van der Waals surface area (Å²) in [6.07, 6.45) is 2.57. The van der Waals surface area contributed by atoms with E-state index in [9.17, 15) is 0 Å². The zero-order valence-electron chi connectivity index (χ0n) is 9.19. The average molecular weight is 281 g/mol. The Bertz CT molecular complexity index is 317. The van der Waals surface area contributed by atoms with Crippen molar-refractivity contribution in [2.24, 2.45) is 11.7 Å². The first-order valence-corrected chi connectivity index (χ1v) is 6.64. The Labute approximate surface area is 112 Å². The van der Waals surface area contributed by atoms with E-state index in [1.165, 1.54) is 24.3 Å². The van der Waals surface area contributed by atoms with E-state index in [4.69, 9.17) is 17.3 Å². The van der Waals surface area contributed by atoms with Crippen LogP contribution in [0, 0.1) is 5.92 Å². The molecule has 2 rings (SSSR count). The number of nitrogens with zero attached hydrogens (tertiary/aromatic N) is 1. The lowest BCUT2D eigenvalue weighted by atomic mass is 9.98. The molecule has 1 aromatic heterocycles. The molecule has 0 spiro atoms. The van der Waals surface area contributed by atoms with E-state index >= 15 is 0 Å². The second-order valence-electron chi connectivity index (χ2n) is 4.18. The van der Waals surface area contributed by atoms with Crippen molar-refractivity contribution in [3.8, 4) is 0 Å². The van der Waals surface area contributed by atoms with Gasteiger partial charge >= 0.3 is 0 Å². The second kappa shape index (κ2) is 6.82. The molecule has 1 saturated heterocycles. The summed E-state index contributed by atoms with van der Waals surface area (Å²) in [7, 11) is 0.